The summed E-state index contributed by atoms with van der Waals surface area (Å²) in [5, 5.41) is 5.52. The first-order valence-electron chi connectivity index (χ1n) is 23.8. The van der Waals surface area contributed by atoms with Crippen molar-refractivity contribution in [2.45, 2.75) is 0 Å². The van der Waals surface area contributed by atoms with E-state index in [1.165, 1.54) is 71.1 Å². The number of para-hydroxylation sites is 3. The maximum absolute atomic E-state index is 2.80. The highest BCUT2D eigenvalue weighted by atomic mass is 28.3. The summed E-state index contributed by atoms with van der Waals surface area (Å²) in [6.07, 6.45) is 0. The average Bonchev–Trinajstić information content (AvgIpc) is 3.44. The molecular formula is C66H48N2Si. The minimum absolute atomic E-state index is 1.08. The number of benzene rings is 11. The number of hydrogen-bond donors (Lipinski definition) is 0. The zero-order chi connectivity index (χ0) is 46.0. The van der Waals surface area contributed by atoms with Crippen LogP contribution in [0.2, 0.25) is 0 Å². The molecule has 0 spiro atoms. The largest absolute Gasteiger partial charge is 0.311 e. The number of rotatable bonds is 10. The highest BCUT2D eigenvalue weighted by molar-refractivity contribution is 7.21. The van der Waals surface area contributed by atoms with Crippen LogP contribution in [0, 0.1) is 0 Å². The predicted octanol–water partition coefficient (Wildman–Crippen LogP) is 15.0. The van der Waals surface area contributed by atoms with E-state index >= 15 is 0 Å². The molecule has 0 amide bonds. The van der Waals surface area contributed by atoms with Gasteiger partial charge in [0.2, 0.25) is 0 Å². The average molecular weight is 897 g/mol. The second-order valence-electron chi connectivity index (χ2n) is 17.7. The Kier molecular flexibility index (Phi) is 11.0. The molecule has 69 heavy (non-hydrogen) atoms. The molecule has 0 unspecified atom stereocenters. The van der Waals surface area contributed by atoms with Crippen LogP contribution in [0.25, 0.3) is 44.5 Å². The van der Waals surface area contributed by atoms with Gasteiger partial charge < -0.3 is 9.80 Å². The fourth-order valence-electron chi connectivity index (χ4n) is 10.5. The standard InChI is InChI=1S/C66H48N2Si/c1-6-20-49(21-7-1)50-34-36-51(37-35-50)52-38-43-57(44-39-52)67(62-31-17-16-30-61(62)54-22-8-2-9-23-54)58-45-40-53(41-46-58)55-42-47-66-64(48-55)68(56-24-10-3-11-25-56)63-32-18-19-33-65(63)69(66,59-26-12-4-13-27-59)60-28-14-5-15-29-60/h1-48H. The van der Waals surface area contributed by atoms with E-state index in [0.29, 0.717) is 0 Å². The van der Waals surface area contributed by atoms with Crippen LogP contribution < -0.4 is 30.5 Å². The topological polar surface area (TPSA) is 6.48 Å². The molecule has 0 aliphatic carbocycles. The van der Waals surface area contributed by atoms with Gasteiger partial charge in [0, 0.05) is 34.0 Å². The van der Waals surface area contributed by atoms with Crippen LogP contribution in [0.3, 0.4) is 0 Å². The van der Waals surface area contributed by atoms with E-state index in [2.05, 4.69) is 301 Å². The molecule has 1 aliphatic heterocycles. The number of hydrogen-bond acceptors (Lipinski definition) is 2. The molecule has 0 aromatic heterocycles. The smallest absolute Gasteiger partial charge is 0.184 e. The first-order chi connectivity index (χ1) is 34.2. The van der Waals surface area contributed by atoms with Gasteiger partial charge in [0.25, 0.3) is 0 Å². The molecule has 0 radical (unpaired) electrons. The third kappa shape index (κ3) is 7.56. The molecule has 11 aromatic rings. The summed E-state index contributed by atoms with van der Waals surface area (Å²) in [5.41, 5.74) is 16.3. The Balaban J connectivity index is 0.977. The first-order valence-corrected chi connectivity index (χ1v) is 25.8. The van der Waals surface area contributed by atoms with Gasteiger partial charge in [0.1, 0.15) is 0 Å². The van der Waals surface area contributed by atoms with Crippen LogP contribution in [-0.2, 0) is 0 Å². The van der Waals surface area contributed by atoms with Gasteiger partial charge in [-0.15, -0.1) is 0 Å². The molecule has 3 heteroatoms. The summed E-state index contributed by atoms with van der Waals surface area (Å²) < 4.78 is 0. The van der Waals surface area contributed by atoms with Gasteiger partial charge in [-0.2, -0.15) is 0 Å². The highest BCUT2D eigenvalue weighted by Crippen LogP contribution is 2.43. The van der Waals surface area contributed by atoms with Crippen LogP contribution in [-0.4, -0.2) is 8.07 Å². The lowest BCUT2D eigenvalue weighted by Crippen LogP contribution is -2.77. The van der Waals surface area contributed by atoms with E-state index in [1.807, 2.05) is 0 Å². The summed E-state index contributed by atoms with van der Waals surface area (Å²) in [5.74, 6) is 0. The third-order valence-electron chi connectivity index (χ3n) is 13.8. The van der Waals surface area contributed by atoms with Crippen molar-refractivity contribution in [3.05, 3.63) is 291 Å². The zero-order valence-electron chi connectivity index (χ0n) is 38.1. The summed E-state index contributed by atoms with van der Waals surface area (Å²) in [6, 6.07) is 107. The summed E-state index contributed by atoms with van der Waals surface area (Å²) in [6.45, 7) is 0. The molecule has 1 heterocycles. The van der Waals surface area contributed by atoms with Crippen molar-refractivity contribution >= 4 is 62.9 Å². The normalized spacial score (nSPS) is 12.4. The Labute approximate surface area is 406 Å². The maximum atomic E-state index is 2.49. The van der Waals surface area contributed by atoms with Crippen molar-refractivity contribution in [1.29, 1.82) is 0 Å². The molecule has 0 bridgehead atoms. The van der Waals surface area contributed by atoms with E-state index in [9.17, 15) is 0 Å². The third-order valence-corrected chi connectivity index (χ3v) is 18.6. The molecule has 1 aliphatic rings. The number of fused-ring (bicyclic) bond motifs is 2. The molecule has 0 atom stereocenters. The maximum Gasteiger partial charge on any atom is 0.184 e. The van der Waals surface area contributed by atoms with Crippen molar-refractivity contribution in [2.75, 3.05) is 9.80 Å². The van der Waals surface area contributed by atoms with Gasteiger partial charge in [-0.1, -0.05) is 237 Å². The van der Waals surface area contributed by atoms with Crippen molar-refractivity contribution < 1.29 is 0 Å². The SMILES string of the molecule is c1ccc(-c2ccc(-c3ccc(N(c4ccc(-c5ccc6c(c5)N(c5ccccc5)c5ccccc5[Si]6(c5ccccc5)c5ccccc5)cc4)c4ccccc4-c4ccccc4)cc3)cc2)cc1. The lowest BCUT2D eigenvalue weighted by molar-refractivity contribution is 1.28. The Bertz CT molecular complexity index is 3470. The van der Waals surface area contributed by atoms with Gasteiger partial charge >= 0.3 is 0 Å². The second kappa shape index (κ2) is 18.1. The van der Waals surface area contributed by atoms with E-state index in [0.717, 1.165) is 28.3 Å². The van der Waals surface area contributed by atoms with Crippen LogP contribution in [0.15, 0.2) is 291 Å². The Hall–Kier alpha value is -8.76. The monoisotopic (exact) mass is 896 g/mol. The van der Waals surface area contributed by atoms with Gasteiger partial charge in [0.05, 0.1) is 5.69 Å². The summed E-state index contributed by atoms with van der Waals surface area (Å²) in [4.78, 5) is 4.89. The molecule has 0 fully saturated rings. The molecule has 2 nitrogen and oxygen atoms in total. The van der Waals surface area contributed by atoms with E-state index in [4.69, 9.17) is 0 Å². The van der Waals surface area contributed by atoms with E-state index in [1.54, 1.807) is 0 Å². The Morgan fingerprint density at radius 2 is 0.667 bits per heavy atom. The van der Waals surface area contributed by atoms with Crippen molar-refractivity contribution in [3.8, 4) is 44.5 Å². The zero-order valence-corrected chi connectivity index (χ0v) is 39.1. The van der Waals surface area contributed by atoms with Crippen molar-refractivity contribution in [1.82, 2.24) is 0 Å². The summed E-state index contributed by atoms with van der Waals surface area (Å²) in [7, 11) is -2.80. The van der Waals surface area contributed by atoms with E-state index in [-0.39, 0.29) is 0 Å². The molecule has 12 rings (SSSR count). The predicted molar refractivity (Wildman–Crippen MR) is 295 cm³/mol. The van der Waals surface area contributed by atoms with Crippen molar-refractivity contribution in [3.63, 3.8) is 0 Å². The molecular weight excluding hydrogens is 849 g/mol. The minimum Gasteiger partial charge on any atom is -0.311 e. The molecule has 11 aromatic carbocycles. The fraction of sp³-hybridized carbons (Fsp3) is 0. The van der Waals surface area contributed by atoms with Gasteiger partial charge in [-0.3, -0.25) is 0 Å². The van der Waals surface area contributed by atoms with Crippen LogP contribution in [0.4, 0.5) is 34.1 Å². The highest BCUT2D eigenvalue weighted by Gasteiger charge is 2.48. The van der Waals surface area contributed by atoms with Crippen LogP contribution in [0.1, 0.15) is 0 Å². The second-order valence-corrected chi connectivity index (χ2v) is 21.4. The van der Waals surface area contributed by atoms with Crippen molar-refractivity contribution in [2.24, 2.45) is 0 Å². The molecule has 0 saturated heterocycles. The lowest BCUT2D eigenvalue weighted by Gasteiger charge is -2.45. The van der Waals surface area contributed by atoms with Crippen LogP contribution in [0.5, 0.6) is 0 Å². The van der Waals surface area contributed by atoms with Gasteiger partial charge in [-0.05, 0) is 114 Å². The Morgan fingerprint density at radius 3 is 1.23 bits per heavy atom. The fourth-order valence-corrected chi connectivity index (χ4v) is 15.6. The van der Waals surface area contributed by atoms with E-state index < -0.39 is 8.07 Å². The molecule has 326 valence electrons. The van der Waals surface area contributed by atoms with Crippen LogP contribution >= 0.6 is 0 Å². The van der Waals surface area contributed by atoms with Gasteiger partial charge in [0.15, 0.2) is 8.07 Å². The Morgan fingerprint density at radius 1 is 0.275 bits per heavy atom. The molecule has 0 N–H and O–H groups in total. The first kappa shape index (κ1) is 41.7. The number of nitrogens with zero attached hydrogens (tertiary/aromatic N) is 2. The quantitative estimate of drug-likeness (QED) is 0.126. The molecule has 0 saturated carbocycles. The number of anilines is 6. The minimum atomic E-state index is -2.80. The summed E-state index contributed by atoms with van der Waals surface area (Å²) >= 11 is 0. The lowest BCUT2D eigenvalue weighted by atomic mass is 9.99. The van der Waals surface area contributed by atoms with Gasteiger partial charge in [-0.25, -0.2) is 0 Å².